The normalized spacial score (nSPS) is 27.5. The van der Waals surface area contributed by atoms with E-state index in [1.807, 2.05) is 64.1 Å². The van der Waals surface area contributed by atoms with E-state index in [1.165, 1.54) is 0 Å². The second-order valence-corrected chi connectivity index (χ2v) is 9.43. The SMILES string of the molecule is CC1(C)O[C@@H]([C@@H](C=O)N(Cc2ccccc2)Cc2ccccc2)[C@@H]([C@H]2COC(C)(C)O2)O1. The van der Waals surface area contributed by atoms with Crippen LogP contribution in [0, 0.1) is 0 Å². The fourth-order valence-electron chi connectivity index (χ4n) is 4.52. The Labute approximate surface area is 190 Å². The van der Waals surface area contributed by atoms with Crippen molar-refractivity contribution < 1.29 is 23.7 Å². The van der Waals surface area contributed by atoms with Crippen LogP contribution in [0.15, 0.2) is 60.7 Å². The molecular formula is C26H33NO5. The summed E-state index contributed by atoms with van der Waals surface area (Å²) in [4.78, 5) is 14.7. The third kappa shape index (κ3) is 5.45. The number of aldehydes is 1. The molecule has 0 aromatic heterocycles. The van der Waals surface area contributed by atoms with Crippen LogP contribution in [0.3, 0.4) is 0 Å². The third-order valence-corrected chi connectivity index (χ3v) is 5.92. The second kappa shape index (κ2) is 9.41. The van der Waals surface area contributed by atoms with Gasteiger partial charge in [-0.2, -0.15) is 0 Å². The van der Waals surface area contributed by atoms with E-state index < -0.39 is 29.8 Å². The third-order valence-electron chi connectivity index (χ3n) is 5.92. The van der Waals surface area contributed by atoms with Crippen LogP contribution < -0.4 is 0 Å². The van der Waals surface area contributed by atoms with Crippen molar-refractivity contribution in [3.05, 3.63) is 71.8 Å². The highest BCUT2D eigenvalue weighted by Crippen LogP contribution is 2.38. The highest BCUT2D eigenvalue weighted by Gasteiger charge is 2.53. The van der Waals surface area contributed by atoms with Gasteiger partial charge in [0, 0.05) is 13.1 Å². The molecule has 0 bridgehead atoms. The molecule has 2 aromatic rings. The van der Waals surface area contributed by atoms with Crippen molar-refractivity contribution in [1.82, 2.24) is 4.90 Å². The first kappa shape index (κ1) is 23.1. The molecule has 0 radical (unpaired) electrons. The van der Waals surface area contributed by atoms with Crippen LogP contribution in [0.1, 0.15) is 38.8 Å². The van der Waals surface area contributed by atoms with Gasteiger partial charge in [0.25, 0.3) is 0 Å². The van der Waals surface area contributed by atoms with Gasteiger partial charge in [-0.25, -0.2) is 0 Å². The molecule has 32 heavy (non-hydrogen) atoms. The summed E-state index contributed by atoms with van der Waals surface area (Å²) in [6.07, 6.45) is -0.238. The molecule has 0 N–H and O–H groups in total. The first-order valence-corrected chi connectivity index (χ1v) is 11.2. The summed E-state index contributed by atoms with van der Waals surface area (Å²) in [6.45, 7) is 9.15. The molecule has 2 aromatic carbocycles. The van der Waals surface area contributed by atoms with Gasteiger partial charge >= 0.3 is 0 Å². The Morgan fingerprint density at radius 1 is 0.875 bits per heavy atom. The quantitative estimate of drug-likeness (QED) is 0.581. The number of rotatable bonds is 8. The Hall–Kier alpha value is -2.09. The molecule has 2 fully saturated rings. The molecule has 2 heterocycles. The molecule has 4 atom stereocenters. The number of carbonyl (C=O) groups excluding carboxylic acids is 1. The molecule has 172 valence electrons. The minimum atomic E-state index is -0.822. The summed E-state index contributed by atoms with van der Waals surface area (Å²) in [7, 11) is 0. The summed E-state index contributed by atoms with van der Waals surface area (Å²) in [5.41, 5.74) is 2.26. The lowest BCUT2D eigenvalue weighted by molar-refractivity contribution is -0.175. The van der Waals surface area contributed by atoms with Crippen LogP contribution in [0.5, 0.6) is 0 Å². The predicted octanol–water partition coefficient (Wildman–Crippen LogP) is 3.93. The van der Waals surface area contributed by atoms with E-state index in [-0.39, 0.29) is 6.10 Å². The van der Waals surface area contributed by atoms with Gasteiger partial charge in [-0.1, -0.05) is 60.7 Å². The number of hydrogen-bond acceptors (Lipinski definition) is 6. The van der Waals surface area contributed by atoms with E-state index in [0.29, 0.717) is 19.7 Å². The maximum Gasteiger partial charge on any atom is 0.163 e. The van der Waals surface area contributed by atoms with E-state index in [0.717, 1.165) is 17.4 Å². The summed E-state index contributed by atoms with van der Waals surface area (Å²) in [6, 6.07) is 19.8. The fraction of sp³-hybridized carbons (Fsp3) is 0.500. The minimum Gasteiger partial charge on any atom is -0.348 e. The highest BCUT2D eigenvalue weighted by molar-refractivity contribution is 5.59. The van der Waals surface area contributed by atoms with E-state index >= 15 is 0 Å². The molecule has 2 saturated heterocycles. The zero-order chi connectivity index (χ0) is 22.8. The first-order valence-electron chi connectivity index (χ1n) is 11.2. The minimum absolute atomic E-state index is 0.311. The lowest BCUT2D eigenvalue weighted by Gasteiger charge is -2.34. The maximum atomic E-state index is 12.6. The molecule has 0 spiro atoms. The fourth-order valence-corrected chi connectivity index (χ4v) is 4.52. The van der Waals surface area contributed by atoms with E-state index in [9.17, 15) is 4.79 Å². The summed E-state index contributed by atoms with van der Waals surface area (Å²) >= 11 is 0. The largest absolute Gasteiger partial charge is 0.348 e. The highest BCUT2D eigenvalue weighted by atomic mass is 16.8. The summed E-state index contributed by atoms with van der Waals surface area (Å²) < 4.78 is 24.5. The van der Waals surface area contributed by atoms with Gasteiger partial charge in [0.05, 0.1) is 12.6 Å². The average molecular weight is 440 g/mol. The van der Waals surface area contributed by atoms with Gasteiger partial charge in [-0.05, 0) is 38.8 Å². The molecule has 0 aliphatic carbocycles. The Morgan fingerprint density at radius 3 is 1.91 bits per heavy atom. The molecule has 2 aliphatic heterocycles. The van der Waals surface area contributed by atoms with Crippen molar-refractivity contribution in [3.8, 4) is 0 Å². The maximum absolute atomic E-state index is 12.6. The molecule has 6 nitrogen and oxygen atoms in total. The molecule has 6 heteroatoms. The van der Waals surface area contributed by atoms with Crippen molar-refractivity contribution in [2.75, 3.05) is 6.61 Å². The Balaban J connectivity index is 1.63. The number of carbonyl (C=O) groups is 1. The zero-order valence-corrected chi connectivity index (χ0v) is 19.3. The van der Waals surface area contributed by atoms with Crippen LogP contribution in [0.4, 0.5) is 0 Å². The van der Waals surface area contributed by atoms with Crippen LogP contribution >= 0.6 is 0 Å². The average Bonchev–Trinajstić information content (AvgIpc) is 3.28. The van der Waals surface area contributed by atoms with Gasteiger partial charge in [0.1, 0.15) is 24.6 Å². The standard InChI is InChI=1S/C26H33NO5/c1-25(2)29-18-22(30-25)24-23(31-26(3,4)32-24)21(17-28)27(15-19-11-7-5-8-12-19)16-20-13-9-6-10-14-20/h5-14,17,21-24H,15-16,18H2,1-4H3/t21-,22-,23+,24-/m1/s1. The smallest absolute Gasteiger partial charge is 0.163 e. The van der Waals surface area contributed by atoms with Gasteiger partial charge in [0.2, 0.25) is 0 Å². The number of ether oxygens (including phenoxy) is 4. The monoisotopic (exact) mass is 439 g/mol. The van der Waals surface area contributed by atoms with Crippen LogP contribution in [0.2, 0.25) is 0 Å². The summed E-state index contributed by atoms with van der Waals surface area (Å²) in [5.74, 6) is -1.51. The Morgan fingerprint density at radius 2 is 1.44 bits per heavy atom. The van der Waals surface area contributed by atoms with E-state index in [4.69, 9.17) is 18.9 Å². The molecule has 0 unspecified atom stereocenters. The van der Waals surface area contributed by atoms with E-state index in [2.05, 4.69) is 29.2 Å². The molecule has 2 aliphatic rings. The van der Waals surface area contributed by atoms with Crippen molar-refractivity contribution in [3.63, 3.8) is 0 Å². The number of hydrogen-bond donors (Lipinski definition) is 0. The lowest BCUT2D eigenvalue weighted by atomic mass is 9.99. The van der Waals surface area contributed by atoms with E-state index in [1.54, 1.807) is 0 Å². The van der Waals surface area contributed by atoms with Crippen LogP contribution in [0.25, 0.3) is 0 Å². The lowest BCUT2D eigenvalue weighted by Crippen LogP contribution is -2.51. The van der Waals surface area contributed by atoms with Gasteiger partial charge < -0.3 is 23.7 Å². The molecule has 0 amide bonds. The molecule has 0 saturated carbocycles. The van der Waals surface area contributed by atoms with Gasteiger partial charge in [-0.3, -0.25) is 4.90 Å². The molecule has 4 rings (SSSR count). The Kier molecular flexibility index (Phi) is 6.79. The van der Waals surface area contributed by atoms with Crippen molar-refractivity contribution in [2.45, 2.75) is 76.7 Å². The van der Waals surface area contributed by atoms with Crippen molar-refractivity contribution in [1.29, 1.82) is 0 Å². The predicted molar refractivity (Wildman–Crippen MR) is 121 cm³/mol. The summed E-state index contributed by atoms with van der Waals surface area (Å²) in [5, 5.41) is 0. The van der Waals surface area contributed by atoms with Gasteiger partial charge in [0.15, 0.2) is 11.6 Å². The van der Waals surface area contributed by atoms with Crippen molar-refractivity contribution >= 4 is 6.29 Å². The topological polar surface area (TPSA) is 57.2 Å². The second-order valence-electron chi connectivity index (χ2n) is 9.43. The number of nitrogens with zero attached hydrogens (tertiary/aromatic N) is 1. The van der Waals surface area contributed by atoms with Gasteiger partial charge in [-0.15, -0.1) is 0 Å². The van der Waals surface area contributed by atoms with Crippen LogP contribution in [-0.4, -0.2) is 53.7 Å². The zero-order valence-electron chi connectivity index (χ0n) is 19.3. The van der Waals surface area contributed by atoms with Crippen LogP contribution in [-0.2, 0) is 36.8 Å². The van der Waals surface area contributed by atoms with Crippen molar-refractivity contribution in [2.24, 2.45) is 0 Å². The first-order chi connectivity index (χ1) is 15.3. The Bertz CT molecular complexity index is 844. The number of benzene rings is 2. The molecular weight excluding hydrogens is 406 g/mol.